The first-order valence-corrected chi connectivity index (χ1v) is 7.57. The molecule has 2 aromatic rings. The molecule has 2 nitrogen and oxygen atoms in total. The first-order valence-electron chi connectivity index (χ1n) is 7.57. The van der Waals surface area contributed by atoms with Gasteiger partial charge in [0.15, 0.2) is 5.78 Å². The molecule has 0 aliphatic heterocycles. The van der Waals surface area contributed by atoms with E-state index in [2.05, 4.69) is 12.1 Å². The summed E-state index contributed by atoms with van der Waals surface area (Å²) >= 11 is 0. The highest BCUT2D eigenvalue weighted by Crippen LogP contribution is 2.36. The van der Waals surface area contributed by atoms with Crippen molar-refractivity contribution < 1.29 is 4.79 Å². The van der Waals surface area contributed by atoms with Crippen LogP contribution in [0, 0.1) is 0 Å². The van der Waals surface area contributed by atoms with E-state index in [0.717, 1.165) is 16.8 Å². The van der Waals surface area contributed by atoms with Crippen molar-refractivity contribution in [2.75, 3.05) is 19.0 Å². The molecule has 0 N–H and O–H groups in total. The topological polar surface area (TPSA) is 20.3 Å². The lowest BCUT2D eigenvalue weighted by molar-refractivity contribution is 0.103. The average Bonchev–Trinajstić information content (AvgIpc) is 2.46. The van der Waals surface area contributed by atoms with Gasteiger partial charge in [0.1, 0.15) is 0 Å². The fourth-order valence-electron chi connectivity index (χ4n) is 2.74. The van der Waals surface area contributed by atoms with Crippen LogP contribution >= 0.6 is 0 Å². The van der Waals surface area contributed by atoms with Crippen molar-refractivity contribution in [3.05, 3.63) is 65.2 Å². The van der Waals surface area contributed by atoms with Gasteiger partial charge in [-0.25, -0.2) is 0 Å². The first-order chi connectivity index (χ1) is 10.1. The summed E-state index contributed by atoms with van der Waals surface area (Å²) in [6.45, 7) is 0. The standard InChI is InChI=1S/C19H21NO/c1-20(2)18-8-4-7-17(13-18)19(21)16-11-9-15(10-12-16)14-5-3-6-14/h4,7-14H,3,5-6H2,1-2H3. The number of carbonyl (C=O) groups is 1. The van der Waals surface area contributed by atoms with Crippen molar-refractivity contribution in [1.82, 2.24) is 0 Å². The number of nitrogens with zero attached hydrogens (tertiary/aromatic N) is 1. The van der Waals surface area contributed by atoms with Gasteiger partial charge in [-0.05, 0) is 36.5 Å². The Morgan fingerprint density at radius 2 is 1.71 bits per heavy atom. The van der Waals surface area contributed by atoms with Crippen molar-refractivity contribution in [1.29, 1.82) is 0 Å². The van der Waals surface area contributed by atoms with E-state index in [0.29, 0.717) is 5.92 Å². The highest BCUT2D eigenvalue weighted by atomic mass is 16.1. The Bertz CT molecular complexity index is 639. The summed E-state index contributed by atoms with van der Waals surface area (Å²) in [5, 5.41) is 0. The molecule has 0 aromatic heterocycles. The van der Waals surface area contributed by atoms with Gasteiger partial charge < -0.3 is 4.90 Å². The summed E-state index contributed by atoms with van der Waals surface area (Å²) < 4.78 is 0. The predicted octanol–water partition coefficient (Wildman–Crippen LogP) is 4.25. The van der Waals surface area contributed by atoms with E-state index in [1.807, 2.05) is 55.4 Å². The second kappa shape index (κ2) is 5.72. The van der Waals surface area contributed by atoms with Crippen LogP contribution in [0.4, 0.5) is 5.69 Å². The molecule has 0 amide bonds. The minimum atomic E-state index is 0.0962. The lowest BCUT2D eigenvalue weighted by atomic mass is 9.80. The lowest BCUT2D eigenvalue weighted by Crippen LogP contribution is -2.10. The first kappa shape index (κ1) is 13.9. The molecule has 0 heterocycles. The van der Waals surface area contributed by atoms with Gasteiger partial charge >= 0.3 is 0 Å². The van der Waals surface area contributed by atoms with Crippen molar-refractivity contribution in [2.45, 2.75) is 25.2 Å². The van der Waals surface area contributed by atoms with Crippen molar-refractivity contribution in [3.8, 4) is 0 Å². The van der Waals surface area contributed by atoms with Crippen molar-refractivity contribution >= 4 is 11.5 Å². The van der Waals surface area contributed by atoms with Crippen LogP contribution in [-0.4, -0.2) is 19.9 Å². The van der Waals surface area contributed by atoms with Gasteiger partial charge in [0.25, 0.3) is 0 Å². The van der Waals surface area contributed by atoms with Crippen LogP contribution in [-0.2, 0) is 0 Å². The van der Waals surface area contributed by atoms with Crippen molar-refractivity contribution in [2.24, 2.45) is 0 Å². The number of hydrogen-bond donors (Lipinski definition) is 0. The molecule has 0 saturated heterocycles. The molecule has 0 atom stereocenters. The summed E-state index contributed by atoms with van der Waals surface area (Å²) in [7, 11) is 3.97. The normalized spacial score (nSPS) is 14.6. The summed E-state index contributed by atoms with van der Waals surface area (Å²) in [4.78, 5) is 14.6. The highest BCUT2D eigenvalue weighted by Gasteiger charge is 2.19. The van der Waals surface area contributed by atoms with Gasteiger partial charge in [0, 0.05) is 30.9 Å². The monoisotopic (exact) mass is 279 g/mol. The van der Waals surface area contributed by atoms with Crippen LogP contribution in [0.1, 0.15) is 46.7 Å². The molecule has 3 rings (SSSR count). The summed E-state index contributed by atoms with van der Waals surface area (Å²) in [6.07, 6.45) is 3.92. The minimum absolute atomic E-state index is 0.0962. The van der Waals surface area contributed by atoms with Crippen LogP contribution in [0.2, 0.25) is 0 Å². The molecule has 0 bridgehead atoms. The number of ketones is 1. The summed E-state index contributed by atoms with van der Waals surface area (Å²) in [6, 6.07) is 16.0. The summed E-state index contributed by atoms with van der Waals surface area (Å²) in [5.74, 6) is 0.810. The predicted molar refractivity (Wildman–Crippen MR) is 87.2 cm³/mol. The van der Waals surface area contributed by atoms with E-state index in [-0.39, 0.29) is 5.78 Å². The largest absolute Gasteiger partial charge is 0.378 e. The van der Waals surface area contributed by atoms with Crippen LogP contribution in [0.5, 0.6) is 0 Å². The zero-order valence-corrected chi connectivity index (χ0v) is 12.7. The molecule has 1 aliphatic rings. The molecule has 2 heteroatoms. The van der Waals surface area contributed by atoms with Crippen LogP contribution < -0.4 is 4.90 Å². The molecule has 0 radical (unpaired) electrons. The maximum absolute atomic E-state index is 12.6. The van der Waals surface area contributed by atoms with E-state index in [1.54, 1.807) is 0 Å². The zero-order valence-electron chi connectivity index (χ0n) is 12.7. The number of anilines is 1. The Balaban J connectivity index is 1.82. The number of carbonyl (C=O) groups excluding carboxylic acids is 1. The van der Waals surface area contributed by atoms with Gasteiger partial charge in [-0.2, -0.15) is 0 Å². The van der Waals surface area contributed by atoms with Crippen molar-refractivity contribution in [3.63, 3.8) is 0 Å². The van der Waals surface area contributed by atoms with Crippen LogP contribution in [0.25, 0.3) is 0 Å². The second-order valence-electron chi connectivity index (χ2n) is 6.02. The fourth-order valence-corrected chi connectivity index (χ4v) is 2.74. The SMILES string of the molecule is CN(C)c1cccc(C(=O)c2ccc(C3CCC3)cc2)c1. The van der Waals surface area contributed by atoms with Gasteiger partial charge in [-0.3, -0.25) is 4.79 Å². The molecule has 1 saturated carbocycles. The zero-order chi connectivity index (χ0) is 14.8. The minimum Gasteiger partial charge on any atom is -0.378 e. The molecule has 1 fully saturated rings. The summed E-state index contributed by atoms with van der Waals surface area (Å²) in [5.41, 5.74) is 3.94. The molecular formula is C19H21NO. The van der Waals surface area contributed by atoms with Gasteiger partial charge in [-0.15, -0.1) is 0 Å². The molecule has 108 valence electrons. The molecular weight excluding hydrogens is 258 g/mol. The Morgan fingerprint density at radius 3 is 2.29 bits per heavy atom. The Morgan fingerprint density at radius 1 is 1.00 bits per heavy atom. The van der Waals surface area contributed by atoms with Crippen LogP contribution in [0.15, 0.2) is 48.5 Å². The van der Waals surface area contributed by atoms with E-state index in [1.165, 1.54) is 24.8 Å². The van der Waals surface area contributed by atoms with Gasteiger partial charge in [-0.1, -0.05) is 42.8 Å². The van der Waals surface area contributed by atoms with Gasteiger partial charge in [0.05, 0.1) is 0 Å². The Hall–Kier alpha value is -2.09. The molecule has 0 spiro atoms. The van der Waals surface area contributed by atoms with E-state index in [4.69, 9.17) is 0 Å². The average molecular weight is 279 g/mol. The molecule has 2 aromatic carbocycles. The lowest BCUT2D eigenvalue weighted by Gasteiger charge is -2.25. The fraction of sp³-hybridized carbons (Fsp3) is 0.316. The third-order valence-electron chi connectivity index (χ3n) is 4.37. The number of rotatable bonds is 4. The second-order valence-corrected chi connectivity index (χ2v) is 6.02. The smallest absolute Gasteiger partial charge is 0.193 e. The molecule has 0 unspecified atom stereocenters. The quantitative estimate of drug-likeness (QED) is 0.780. The maximum atomic E-state index is 12.6. The van der Waals surface area contributed by atoms with E-state index >= 15 is 0 Å². The molecule has 21 heavy (non-hydrogen) atoms. The Labute approximate surface area is 126 Å². The number of benzene rings is 2. The van der Waals surface area contributed by atoms with Gasteiger partial charge in [0.2, 0.25) is 0 Å². The van der Waals surface area contributed by atoms with E-state index in [9.17, 15) is 4.79 Å². The van der Waals surface area contributed by atoms with E-state index < -0.39 is 0 Å². The third-order valence-corrected chi connectivity index (χ3v) is 4.37. The Kier molecular flexibility index (Phi) is 3.78. The number of hydrogen-bond acceptors (Lipinski definition) is 2. The highest BCUT2D eigenvalue weighted by molar-refractivity contribution is 6.09. The molecule has 1 aliphatic carbocycles. The third kappa shape index (κ3) is 2.85. The van der Waals surface area contributed by atoms with Crippen LogP contribution in [0.3, 0.4) is 0 Å². The maximum Gasteiger partial charge on any atom is 0.193 e.